The summed E-state index contributed by atoms with van der Waals surface area (Å²) in [5.74, 6) is -5.38. The lowest BCUT2D eigenvalue weighted by molar-refractivity contribution is -0.137. The van der Waals surface area contributed by atoms with Gasteiger partial charge in [-0.2, -0.15) is 13.2 Å². The van der Waals surface area contributed by atoms with Gasteiger partial charge < -0.3 is 15.4 Å². The number of alkyl halides is 5. The van der Waals surface area contributed by atoms with Crippen molar-refractivity contribution in [3.8, 4) is 5.88 Å². The second-order valence-electron chi connectivity index (χ2n) is 6.42. The fraction of sp³-hybridized carbons (Fsp3) is 0.333. The molecule has 3 rings (SSSR count). The molecular weight excluding hydrogens is 404 g/mol. The van der Waals surface area contributed by atoms with E-state index < -0.39 is 54.1 Å². The Kier molecular flexibility index (Phi) is 5.33. The molecule has 1 aliphatic heterocycles. The maximum Gasteiger partial charge on any atom is 0.417 e. The van der Waals surface area contributed by atoms with E-state index in [2.05, 4.69) is 4.98 Å². The van der Waals surface area contributed by atoms with Gasteiger partial charge in [0.2, 0.25) is 5.88 Å². The van der Waals surface area contributed by atoms with E-state index in [1.807, 2.05) is 0 Å². The molecule has 5 nitrogen and oxygen atoms in total. The number of hydrogen-bond donors (Lipinski definition) is 1. The van der Waals surface area contributed by atoms with Crippen LogP contribution in [0.2, 0.25) is 0 Å². The maximum absolute atomic E-state index is 14.3. The summed E-state index contributed by atoms with van der Waals surface area (Å²) < 4.78 is 85.0. The third-order valence-corrected chi connectivity index (χ3v) is 4.55. The highest BCUT2D eigenvalue weighted by atomic mass is 19.4. The maximum atomic E-state index is 14.3. The Bertz CT molecular complexity index is 901. The molecule has 1 aromatic heterocycles. The molecular formula is C18H15F6N3O2. The van der Waals surface area contributed by atoms with Gasteiger partial charge in [-0.05, 0) is 18.2 Å². The largest absolute Gasteiger partial charge is 0.475 e. The highest BCUT2D eigenvalue weighted by molar-refractivity contribution is 5.99. The zero-order chi connectivity index (χ0) is 21.4. The first-order chi connectivity index (χ1) is 13.5. The van der Waals surface area contributed by atoms with Gasteiger partial charge in [0.25, 0.3) is 11.8 Å². The summed E-state index contributed by atoms with van der Waals surface area (Å²) in [7, 11) is 0. The van der Waals surface area contributed by atoms with Crippen molar-refractivity contribution in [2.75, 3.05) is 18.9 Å². The Balaban J connectivity index is 1.77. The fourth-order valence-electron chi connectivity index (χ4n) is 2.95. The Morgan fingerprint density at radius 3 is 2.62 bits per heavy atom. The number of nitrogens with zero attached hydrogens (tertiary/aromatic N) is 2. The van der Waals surface area contributed by atoms with E-state index in [4.69, 9.17) is 10.5 Å². The van der Waals surface area contributed by atoms with Gasteiger partial charge in [0.15, 0.2) is 0 Å². The van der Waals surface area contributed by atoms with Crippen LogP contribution in [0.15, 0.2) is 36.5 Å². The van der Waals surface area contributed by atoms with Crippen LogP contribution in [-0.4, -0.2) is 40.9 Å². The number of halogens is 6. The summed E-state index contributed by atoms with van der Waals surface area (Å²) in [5, 5.41) is 0. The minimum absolute atomic E-state index is 0.264. The van der Waals surface area contributed by atoms with Gasteiger partial charge >= 0.3 is 6.18 Å². The number of benzene rings is 1. The van der Waals surface area contributed by atoms with Crippen LogP contribution < -0.4 is 10.5 Å². The van der Waals surface area contributed by atoms with Crippen molar-refractivity contribution in [1.82, 2.24) is 9.88 Å². The highest BCUT2D eigenvalue weighted by Crippen LogP contribution is 2.36. The van der Waals surface area contributed by atoms with Crippen molar-refractivity contribution in [2.24, 2.45) is 0 Å². The summed E-state index contributed by atoms with van der Waals surface area (Å²) in [4.78, 5) is 16.9. The van der Waals surface area contributed by atoms with Crippen LogP contribution in [0.1, 0.15) is 22.3 Å². The topological polar surface area (TPSA) is 68.5 Å². The third kappa shape index (κ3) is 4.22. The molecule has 11 heteroatoms. The van der Waals surface area contributed by atoms with E-state index in [1.54, 1.807) is 0 Å². The molecule has 0 saturated carbocycles. The number of likely N-dealkylation sites (tertiary alicyclic amines) is 1. The van der Waals surface area contributed by atoms with Gasteiger partial charge in [0.1, 0.15) is 18.5 Å². The van der Waals surface area contributed by atoms with Gasteiger partial charge in [0.05, 0.1) is 16.8 Å². The summed E-state index contributed by atoms with van der Waals surface area (Å²) in [5.41, 5.74) is 3.79. The molecule has 29 heavy (non-hydrogen) atoms. The number of ether oxygens (including phenoxy) is 1. The molecule has 2 aromatic rings. The Labute approximate surface area is 161 Å². The number of para-hydroxylation sites is 1. The average Bonchev–Trinajstić information content (AvgIpc) is 2.95. The number of nitrogen functional groups attached to an aromatic ring is 1. The van der Waals surface area contributed by atoms with Crippen LogP contribution in [0, 0.1) is 5.82 Å². The zero-order valence-electron chi connectivity index (χ0n) is 14.7. The number of nitrogens with two attached hydrogens (primary N) is 1. The third-order valence-electron chi connectivity index (χ3n) is 4.55. The smallest absolute Gasteiger partial charge is 0.417 e. The minimum Gasteiger partial charge on any atom is -0.475 e. The fourth-order valence-corrected chi connectivity index (χ4v) is 2.95. The summed E-state index contributed by atoms with van der Waals surface area (Å²) >= 11 is 0. The summed E-state index contributed by atoms with van der Waals surface area (Å²) in [6.45, 7) is -1.04. The number of carbonyl (C=O) groups is 1. The lowest BCUT2D eigenvalue weighted by Gasteiger charge is -2.28. The van der Waals surface area contributed by atoms with E-state index in [9.17, 15) is 31.1 Å². The van der Waals surface area contributed by atoms with Crippen LogP contribution in [-0.2, 0) is 6.18 Å². The number of pyridine rings is 1. The number of anilines is 1. The van der Waals surface area contributed by atoms with Gasteiger partial charge in [-0.1, -0.05) is 6.07 Å². The minimum atomic E-state index is -4.60. The number of hydrogen-bond acceptors (Lipinski definition) is 4. The average molecular weight is 419 g/mol. The number of aromatic nitrogens is 1. The van der Waals surface area contributed by atoms with E-state index in [0.29, 0.717) is 12.3 Å². The van der Waals surface area contributed by atoms with Crippen LogP contribution >= 0.6 is 0 Å². The predicted octanol–water partition coefficient (Wildman–Crippen LogP) is 3.75. The van der Waals surface area contributed by atoms with Gasteiger partial charge in [-0.3, -0.25) is 4.79 Å². The first-order valence-electron chi connectivity index (χ1n) is 8.39. The van der Waals surface area contributed by atoms with E-state index in [0.717, 1.165) is 17.0 Å². The quantitative estimate of drug-likeness (QED) is 0.606. The zero-order valence-corrected chi connectivity index (χ0v) is 14.7. The summed E-state index contributed by atoms with van der Waals surface area (Å²) in [6, 6.07) is 3.35. The monoisotopic (exact) mass is 419 g/mol. The standard InChI is InChI=1S/C18H15F6N3O2/c19-12-3-1-2-11(15(12)25)16(28)27-7-6-17(20,21)13(27)9-29-14-5-4-10(8-26-14)18(22,23)24/h1-5,8,13H,6-7,9,25H2/t13-/m1/s1. The Morgan fingerprint density at radius 1 is 1.28 bits per heavy atom. The second-order valence-corrected chi connectivity index (χ2v) is 6.42. The molecule has 1 saturated heterocycles. The molecule has 1 aliphatic rings. The number of rotatable bonds is 4. The Morgan fingerprint density at radius 2 is 2.00 bits per heavy atom. The van der Waals surface area contributed by atoms with Gasteiger partial charge in [-0.15, -0.1) is 0 Å². The molecule has 0 unspecified atom stereocenters. The first kappa shape index (κ1) is 20.7. The molecule has 1 aromatic carbocycles. The molecule has 0 radical (unpaired) electrons. The van der Waals surface area contributed by atoms with Gasteiger partial charge in [-0.25, -0.2) is 18.2 Å². The van der Waals surface area contributed by atoms with Crippen LogP contribution in [0.5, 0.6) is 5.88 Å². The van der Waals surface area contributed by atoms with E-state index in [-0.39, 0.29) is 18.0 Å². The van der Waals surface area contributed by atoms with Gasteiger partial charge in [0, 0.05) is 25.2 Å². The lowest BCUT2D eigenvalue weighted by Crippen LogP contribution is -2.46. The van der Waals surface area contributed by atoms with Crippen LogP contribution in [0.3, 0.4) is 0 Å². The van der Waals surface area contributed by atoms with E-state index >= 15 is 0 Å². The lowest BCUT2D eigenvalue weighted by atomic mass is 10.1. The van der Waals surface area contributed by atoms with Crippen molar-refractivity contribution in [1.29, 1.82) is 0 Å². The van der Waals surface area contributed by atoms with Crippen molar-refractivity contribution >= 4 is 11.6 Å². The molecule has 1 fully saturated rings. The summed E-state index contributed by atoms with van der Waals surface area (Å²) in [6.07, 6.45) is -4.74. The van der Waals surface area contributed by atoms with Crippen molar-refractivity contribution in [2.45, 2.75) is 24.6 Å². The van der Waals surface area contributed by atoms with E-state index in [1.165, 1.54) is 12.1 Å². The van der Waals surface area contributed by atoms with Crippen molar-refractivity contribution in [3.63, 3.8) is 0 Å². The normalized spacial score (nSPS) is 18.7. The second kappa shape index (κ2) is 7.45. The molecule has 0 bridgehead atoms. The number of amides is 1. The molecule has 1 amide bonds. The Hall–Kier alpha value is -2.98. The SMILES string of the molecule is Nc1c(F)cccc1C(=O)N1CCC(F)(F)[C@H]1COc1ccc(C(F)(F)F)cn1. The molecule has 0 aliphatic carbocycles. The first-order valence-corrected chi connectivity index (χ1v) is 8.39. The van der Waals surface area contributed by atoms with Crippen molar-refractivity contribution in [3.05, 3.63) is 53.5 Å². The van der Waals surface area contributed by atoms with Crippen LogP contribution in [0.25, 0.3) is 0 Å². The molecule has 1 atom stereocenters. The predicted molar refractivity (Wildman–Crippen MR) is 89.9 cm³/mol. The molecule has 2 heterocycles. The van der Waals surface area contributed by atoms with Crippen molar-refractivity contribution < 1.29 is 35.9 Å². The highest BCUT2D eigenvalue weighted by Gasteiger charge is 2.51. The van der Waals surface area contributed by atoms with Crippen LogP contribution in [0.4, 0.5) is 32.0 Å². The molecule has 0 spiro atoms. The number of carbonyl (C=O) groups excluding carboxylic acids is 1. The molecule has 156 valence electrons. The molecule has 2 N–H and O–H groups in total.